The molecular formula is C18H21ClF4N6O5. The Hall–Kier alpha value is -2.88. The molecule has 0 aliphatic carbocycles. The summed E-state index contributed by atoms with van der Waals surface area (Å²) in [6.45, 7) is -2.65. The molecule has 0 aromatic heterocycles. The molecule has 0 bridgehead atoms. The maximum Gasteiger partial charge on any atom is 0.417 e. The van der Waals surface area contributed by atoms with Gasteiger partial charge in [-0.2, -0.15) is 13.2 Å². The van der Waals surface area contributed by atoms with Crippen LogP contribution in [0.4, 0.5) is 17.6 Å². The molecule has 1 aromatic rings. The van der Waals surface area contributed by atoms with Crippen molar-refractivity contribution in [3.05, 3.63) is 34.1 Å². The van der Waals surface area contributed by atoms with E-state index in [4.69, 9.17) is 27.8 Å². The number of halogens is 5. The van der Waals surface area contributed by atoms with E-state index in [1.54, 1.807) is 0 Å². The zero-order chi connectivity index (χ0) is 25.4. The second kappa shape index (κ2) is 9.40. The molecule has 34 heavy (non-hydrogen) atoms. The SMILES string of the molecule is NC1=NC2C(CO)N=C(N)N(C[C@@H](CO)OC(=O)c3c(C(F)(F)F)ccc(Cl)c3F)C2(CO)N1. The Morgan fingerprint density at radius 2 is 1.97 bits per heavy atom. The zero-order valence-corrected chi connectivity index (χ0v) is 18.0. The maximum absolute atomic E-state index is 14.4. The number of esters is 1. The summed E-state index contributed by atoms with van der Waals surface area (Å²) in [7, 11) is 0. The third-order valence-corrected chi connectivity index (χ3v) is 5.72. The summed E-state index contributed by atoms with van der Waals surface area (Å²) in [6, 6.07) is -0.785. The monoisotopic (exact) mass is 512 g/mol. The van der Waals surface area contributed by atoms with Crippen molar-refractivity contribution in [1.82, 2.24) is 10.2 Å². The summed E-state index contributed by atoms with van der Waals surface area (Å²) in [5, 5.41) is 31.4. The fraction of sp³-hybridized carbons (Fsp3) is 0.500. The average Bonchev–Trinajstić information content (AvgIpc) is 3.12. The van der Waals surface area contributed by atoms with E-state index in [-0.39, 0.29) is 11.9 Å². The summed E-state index contributed by atoms with van der Waals surface area (Å²) in [5.41, 5.74) is 7.03. The topological polar surface area (TPSA) is 179 Å². The van der Waals surface area contributed by atoms with E-state index in [0.29, 0.717) is 12.1 Å². The Bertz CT molecular complexity index is 1030. The van der Waals surface area contributed by atoms with Crippen LogP contribution in [-0.2, 0) is 10.9 Å². The van der Waals surface area contributed by atoms with Gasteiger partial charge < -0.3 is 41.7 Å². The normalized spacial score (nSPS) is 25.2. The number of carbonyl (C=O) groups excluding carboxylic acids is 1. The lowest BCUT2D eigenvalue weighted by Gasteiger charge is -2.48. The number of hydrogen-bond acceptors (Lipinski definition) is 11. The minimum absolute atomic E-state index is 0.124. The molecule has 16 heteroatoms. The van der Waals surface area contributed by atoms with Crippen molar-refractivity contribution in [2.45, 2.75) is 30.0 Å². The van der Waals surface area contributed by atoms with Crippen LogP contribution < -0.4 is 16.8 Å². The number of alkyl halides is 3. The van der Waals surface area contributed by atoms with Gasteiger partial charge in [-0.15, -0.1) is 0 Å². The third-order valence-electron chi connectivity index (χ3n) is 5.43. The molecule has 8 N–H and O–H groups in total. The molecule has 0 saturated carbocycles. The lowest BCUT2D eigenvalue weighted by molar-refractivity contribution is -0.138. The smallest absolute Gasteiger partial charge is 0.417 e. The molecular weight excluding hydrogens is 492 g/mol. The predicted octanol–water partition coefficient (Wildman–Crippen LogP) is -1.02. The number of carbonyl (C=O) groups is 1. The predicted molar refractivity (Wildman–Crippen MR) is 110 cm³/mol. The molecule has 11 nitrogen and oxygen atoms in total. The first-order valence-electron chi connectivity index (χ1n) is 9.70. The molecule has 3 unspecified atom stereocenters. The minimum atomic E-state index is -5.10. The maximum atomic E-state index is 14.4. The van der Waals surface area contributed by atoms with Gasteiger partial charge in [-0.1, -0.05) is 11.6 Å². The summed E-state index contributed by atoms with van der Waals surface area (Å²) in [5.74, 6) is -3.78. The average molecular weight is 513 g/mol. The van der Waals surface area contributed by atoms with Crippen LogP contribution in [0.1, 0.15) is 15.9 Å². The molecule has 4 atom stereocenters. The Labute approximate surface area is 194 Å². The van der Waals surface area contributed by atoms with Crippen molar-refractivity contribution in [2.75, 3.05) is 26.4 Å². The highest BCUT2D eigenvalue weighted by Crippen LogP contribution is 2.36. The van der Waals surface area contributed by atoms with Crippen LogP contribution in [0.15, 0.2) is 22.1 Å². The molecule has 0 spiro atoms. The number of nitrogens with zero attached hydrogens (tertiary/aromatic N) is 3. The number of ether oxygens (including phenoxy) is 1. The van der Waals surface area contributed by atoms with Crippen LogP contribution in [0.2, 0.25) is 5.02 Å². The van der Waals surface area contributed by atoms with Crippen LogP contribution in [0.5, 0.6) is 0 Å². The number of fused-ring (bicyclic) bond motifs is 1. The van der Waals surface area contributed by atoms with Gasteiger partial charge in [0.05, 0.1) is 37.0 Å². The van der Waals surface area contributed by atoms with Gasteiger partial charge in [0.2, 0.25) is 0 Å². The lowest BCUT2D eigenvalue weighted by atomic mass is 9.92. The molecule has 2 aliphatic rings. The highest BCUT2D eigenvalue weighted by Gasteiger charge is 2.55. The van der Waals surface area contributed by atoms with Gasteiger partial charge in [-0.3, -0.25) is 0 Å². The van der Waals surface area contributed by atoms with Crippen LogP contribution in [-0.4, -0.2) is 88.3 Å². The molecule has 0 saturated heterocycles. The first-order chi connectivity index (χ1) is 15.9. The van der Waals surface area contributed by atoms with Crippen molar-refractivity contribution >= 4 is 29.5 Å². The van der Waals surface area contributed by atoms with Crippen molar-refractivity contribution < 1.29 is 42.4 Å². The van der Waals surface area contributed by atoms with E-state index in [2.05, 4.69) is 15.3 Å². The third kappa shape index (κ3) is 4.43. The molecule has 0 fully saturated rings. The number of nitrogens with two attached hydrogens (primary N) is 2. The van der Waals surface area contributed by atoms with Gasteiger partial charge in [0.1, 0.15) is 23.8 Å². The Morgan fingerprint density at radius 1 is 1.29 bits per heavy atom. The molecule has 0 radical (unpaired) electrons. The van der Waals surface area contributed by atoms with Crippen molar-refractivity contribution in [3.8, 4) is 0 Å². The first-order valence-corrected chi connectivity index (χ1v) is 10.1. The van der Waals surface area contributed by atoms with Gasteiger partial charge >= 0.3 is 12.1 Å². The summed E-state index contributed by atoms with van der Waals surface area (Å²) in [4.78, 5) is 21.8. The number of benzene rings is 1. The fourth-order valence-corrected chi connectivity index (χ4v) is 4.04. The highest BCUT2D eigenvalue weighted by atomic mass is 35.5. The Kier molecular flexibility index (Phi) is 7.12. The largest absolute Gasteiger partial charge is 0.454 e. The van der Waals surface area contributed by atoms with Crippen LogP contribution in [0.3, 0.4) is 0 Å². The highest BCUT2D eigenvalue weighted by molar-refractivity contribution is 6.31. The van der Waals surface area contributed by atoms with E-state index >= 15 is 0 Å². The van der Waals surface area contributed by atoms with E-state index in [9.17, 15) is 37.7 Å². The van der Waals surface area contributed by atoms with Crippen LogP contribution in [0, 0.1) is 5.82 Å². The number of hydrogen-bond donors (Lipinski definition) is 6. The summed E-state index contributed by atoms with van der Waals surface area (Å²) in [6.07, 6.45) is -6.67. The van der Waals surface area contributed by atoms with Crippen molar-refractivity contribution in [3.63, 3.8) is 0 Å². The molecule has 2 heterocycles. The van der Waals surface area contributed by atoms with Crippen LogP contribution >= 0.6 is 11.6 Å². The van der Waals surface area contributed by atoms with Gasteiger partial charge in [-0.05, 0) is 12.1 Å². The molecule has 3 rings (SSSR count). The number of guanidine groups is 2. The summed E-state index contributed by atoms with van der Waals surface area (Å²) >= 11 is 5.54. The Balaban J connectivity index is 1.92. The number of nitrogens with one attached hydrogen (secondary N) is 1. The first kappa shape index (κ1) is 25.7. The fourth-order valence-electron chi connectivity index (χ4n) is 3.88. The second-order valence-electron chi connectivity index (χ2n) is 7.51. The van der Waals surface area contributed by atoms with E-state index in [1.807, 2.05) is 0 Å². The van der Waals surface area contributed by atoms with Gasteiger partial charge in [0, 0.05) is 0 Å². The number of aliphatic hydroxyl groups is 3. The van der Waals surface area contributed by atoms with E-state index in [0.717, 1.165) is 4.90 Å². The number of aliphatic imine (C=N–C) groups is 2. The van der Waals surface area contributed by atoms with Crippen molar-refractivity contribution in [1.29, 1.82) is 0 Å². The lowest BCUT2D eigenvalue weighted by Crippen LogP contribution is -2.74. The quantitative estimate of drug-likeness (QED) is 0.197. The number of rotatable bonds is 7. The van der Waals surface area contributed by atoms with Crippen LogP contribution in [0.25, 0.3) is 0 Å². The van der Waals surface area contributed by atoms with Gasteiger partial charge in [-0.25, -0.2) is 19.2 Å². The zero-order valence-electron chi connectivity index (χ0n) is 17.3. The van der Waals surface area contributed by atoms with Gasteiger partial charge in [0.15, 0.2) is 23.4 Å². The molecule has 1 aromatic carbocycles. The second-order valence-corrected chi connectivity index (χ2v) is 7.91. The van der Waals surface area contributed by atoms with E-state index < -0.39 is 84.3 Å². The molecule has 188 valence electrons. The molecule has 0 amide bonds. The Morgan fingerprint density at radius 3 is 2.53 bits per heavy atom. The van der Waals surface area contributed by atoms with Crippen molar-refractivity contribution in [2.24, 2.45) is 21.5 Å². The standard InChI is InChI=1S/C18H21ClF4N6O5/c19-9-2-1-8(18(21,22)23)11(12(9)20)14(33)34-7(4-30)3-29-16(25)26-10(5-31)13-17(29,6-32)28-15(24)27-13/h1-2,7,10,13,30-32H,3-6H2,(H2,25,26)(H3,24,27,28)/t7-,10?,13?,17?/m0/s1. The summed E-state index contributed by atoms with van der Waals surface area (Å²) < 4.78 is 59.3. The number of aliphatic hydroxyl groups excluding tert-OH is 3. The minimum Gasteiger partial charge on any atom is -0.454 e. The van der Waals surface area contributed by atoms with E-state index in [1.165, 1.54) is 0 Å². The molecule has 2 aliphatic heterocycles. The van der Waals surface area contributed by atoms with Gasteiger partial charge in [0.25, 0.3) is 0 Å².